The van der Waals surface area contributed by atoms with Crippen molar-refractivity contribution >= 4 is 14.2 Å². The monoisotopic (exact) mass is 334 g/mol. The SMILES string of the molecule is CC(C)(C)[Si](C)(C)OC[C@H]1CN(Cc2ccccc2)CC(=O)N1. The zero-order chi connectivity index (χ0) is 17.1. The van der Waals surface area contributed by atoms with Gasteiger partial charge in [-0.25, -0.2) is 0 Å². The van der Waals surface area contributed by atoms with Gasteiger partial charge in [-0.1, -0.05) is 51.1 Å². The van der Waals surface area contributed by atoms with Crippen molar-refractivity contribution in [2.45, 2.75) is 51.5 Å². The molecule has 1 heterocycles. The minimum absolute atomic E-state index is 0.0779. The number of hydrogen-bond donors (Lipinski definition) is 1. The van der Waals surface area contributed by atoms with Crippen LogP contribution in [0.15, 0.2) is 30.3 Å². The predicted molar refractivity (Wildman–Crippen MR) is 96.8 cm³/mol. The maximum Gasteiger partial charge on any atom is 0.234 e. The summed E-state index contributed by atoms with van der Waals surface area (Å²) in [6.45, 7) is 13.9. The van der Waals surface area contributed by atoms with Crippen LogP contribution in [0.4, 0.5) is 0 Å². The first-order valence-electron chi connectivity index (χ1n) is 8.37. The number of benzene rings is 1. The molecule has 1 amide bonds. The molecule has 4 nitrogen and oxygen atoms in total. The van der Waals surface area contributed by atoms with E-state index >= 15 is 0 Å². The van der Waals surface area contributed by atoms with Crippen LogP contribution >= 0.6 is 0 Å². The van der Waals surface area contributed by atoms with E-state index in [0.29, 0.717) is 13.2 Å². The van der Waals surface area contributed by atoms with Gasteiger partial charge in [0.05, 0.1) is 19.2 Å². The highest BCUT2D eigenvalue weighted by molar-refractivity contribution is 6.74. The van der Waals surface area contributed by atoms with Crippen molar-refractivity contribution < 1.29 is 9.22 Å². The van der Waals surface area contributed by atoms with E-state index < -0.39 is 8.32 Å². The molecule has 0 unspecified atom stereocenters. The van der Waals surface area contributed by atoms with E-state index in [1.165, 1.54) is 5.56 Å². The molecular weight excluding hydrogens is 304 g/mol. The molecule has 1 aliphatic rings. The second-order valence-corrected chi connectivity index (χ2v) is 12.8. The van der Waals surface area contributed by atoms with Crippen LogP contribution in [-0.2, 0) is 15.8 Å². The lowest BCUT2D eigenvalue weighted by atomic mass is 10.1. The third-order valence-corrected chi connectivity index (χ3v) is 9.41. The van der Waals surface area contributed by atoms with Gasteiger partial charge in [0, 0.05) is 13.1 Å². The van der Waals surface area contributed by atoms with Crippen molar-refractivity contribution in [3.63, 3.8) is 0 Å². The fourth-order valence-corrected chi connectivity index (χ4v) is 3.53. The Balaban J connectivity index is 1.92. The van der Waals surface area contributed by atoms with Crippen LogP contribution in [0.1, 0.15) is 26.3 Å². The number of carbonyl (C=O) groups excluding carboxylic acids is 1. The van der Waals surface area contributed by atoms with E-state index in [0.717, 1.165) is 13.1 Å². The summed E-state index contributed by atoms with van der Waals surface area (Å²) < 4.78 is 6.28. The Kier molecular flexibility index (Phi) is 5.65. The minimum atomic E-state index is -1.78. The molecule has 1 aliphatic heterocycles. The number of nitrogens with zero attached hydrogens (tertiary/aromatic N) is 1. The van der Waals surface area contributed by atoms with Gasteiger partial charge in [-0.15, -0.1) is 0 Å². The molecule has 2 rings (SSSR count). The number of amides is 1. The lowest BCUT2D eigenvalue weighted by molar-refractivity contribution is -0.126. The first-order chi connectivity index (χ1) is 10.7. The van der Waals surface area contributed by atoms with Crippen LogP contribution < -0.4 is 5.32 Å². The van der Waals surface area contributed by atoms with Gasteiger partial charge in [-0.3, -0.25) is 9.69 Å². The Labute approximate surface area is 141 Å². The van der Waals surface area contributed by atoms with Gasteiger partial charge in [0.2, 0.25) is 5.91 Å². The van der Waals surface area contributed by atoms with Gasteiger partial charge in [-0.2, -0.15) is 0 Å². The molecule has 1 fully saturated rings. The van der Waals surface area contributed by atoms with Gasteiger partial charge < -0.3 is 9.74 Å². The van der Waals surface area contributed by atoms with Gasteiger partial charge in [0.15, 0.2) is 8.32 Å². The minimum Gasteiger partial charge on any atom is -0.415 e. The Hall–Kier alpha value is -1.17. The summed E-state index contributed by atoms with van der Waals surface area (Å²) in [5.74, 6) is 0.0935. The van der Waals surface area contributed by atoms with Crippen LogP contribution in [-0.4, -0.2) is 44.9 Å². The molecule has 1 aromatic rings. The highest BCUT2D eigenvalue weighted by atomic mass is 28.4. The van der Waals surface area contributed by atoms with Crippen molar-refractivity contribution in [3.8, 4) is 0 Å². The predicted octanol–water partition coefficient (Wildman–Crippen LogP) is 3.01. The molecule has 1 atom stereocenters. The summed E-state index contributed by atoms with van der Waals surface area (Å²) >= 11 is 0. The average molecular weight is 335 g/mol. The quantitative estimate of drug-likeness (QED) is 0.842. The van der Waals surface area contributed by atoms with E-state index in [1.807, 2.05) is 18.2 Å². The molecule has 0 saturated carbocycles. The number of carbonyl (C=O) groups is 1. The third-order valence-electron chi connectivity index (χ3n) is 4.91. The Morgan fingerprint density at radius 2 is 1.91 bits per heavy atom. The Morgan fingerprint density at radius 3 is 2.52 bits per heavy atom. The van der Waals surface area contributed by atoms with Gasteiger partial charge in [0.25, 0.3) is 0 Å². The van der Waals surface area contributed by atoms with E-state index in [9.17, 15) is 4.79 Å². The number of hydrogen-bond acceptors (Lipinski definition) is 3. The molecule has 0 aromatic heterocycles. The third kappa shape index (κ3) is 5.16. The number of piperazine rings is 1. The second kappa shape index (κ2) is 7.15. The first-order valence-corrected chi connectivity index (χ1v) is 11.3. The van der Waals surface area contributed by atoms with Crippen LogP contribution in [0.3, 0.4) is 0 Å². The van der Waals surface area contributed by atoms with Crippen molar-refractivity contribution in [3.05, 3.63) is 35.9 Å². The van der Waals surface area contributed by atoms with Gasteiger partial charge in [-0.05, 0) is 23.7 Å². The Bertz CT molecular complexity index is 526. The highest BCUT2D eigenvalue weighted by Gasteiger charge is 2.38. The molecule has 1 aromatic carbocycles. The molecule has 128 valence electrons. The molecular formula is C18H30N2O2Si. The second-order valence-electron chi connectivity index (χ2n) is 7.99. The lowest BCUT2D eigenvalue weighted by Gasteiger charge is -2.39. The van der Waals surface area contributed by atoms with Crippen LogP contribution in [0.2, 0.25) is 18.1 Å². The van der Waals surface area contributed by atoms with Crippen LogP contribution in [0, 0.1) is 0 Å². The van der Waals surface area contributed by atoms with Gasteiger partial charge in [0.1, 0.15) is 0 Å². The standard InChI is InChI=1S/C18H30N2O2Si/c1-18(2,3)23(4,5)22-14-16-12-20(13-17(21)19-16)11-15-9-7-6-8-10-15/h6-10,16H,11-14H2,1-5H3,(H,19,21)/t16-/m1/s1. The number of rotatable bonds is 5. The maximum absolute atomic E-state index is 12.0. The molecule has 5 heteroatoms. The molecule has 0 aliphatic carbocycles. The fraction of sp³-hybridized carbons (Fsp3) is 0.611. The normalized spacial score (nSPS) is 20.4. The zero-order valence-electron chi connectivity index (χ0n) is 15.1. The molecule has 0 bridgehead atoms. The molecule has 1 N–H and O–H groups in total. The van der Waals surface area contributed by atoms with E-state index in [4.69, 9.17) is 4.43 Å². The van der Waals surface area contributed by atoms with Crippen molar-refractivity contribution in [2.24, 2.45) is 0 Å². The smallest absolute Gasteiger partial charge is 0.234 e. The first kappa shape index (κ1) is 18.2. The average Bonchev–Trinajstić information content (AvgIpc) is 2.44. The van der Waals surface area contributed by atoms with Gasteiger partial charge >= 0.3 is 0 Å². The topological polar surface area (TPSA) is 41.6 Å². The molecule has 1 saturated heterocycles. The zero-order valence-corrected chi connectivity index (χ0v) is 16.1. The van der Waals surface area contributed by atoms with Crippen molar-refractivity contribution in [1.82, 2.24) is 10.2 Å². The van der Waals surface area contributed by atoms with Crippen LogP contribution in [0.25, 0.3) is 0 Å². The fourth-order valence-electron chi connectivity index (χ4n) is 2.48. The van der Waals surface area contributed by atoms with E-state index in [1.54, 1.807) is 0 Å². The molecule has 0 spiro atoms. The highest BCUT2D eigenvalue weighted by Crippen LogP contribution is 2.36. The van der Waals surface area contributed by atoms with E-state index in [-0.39, 0.29) is 17.0 Å². The summed E-state index contributed by atoms with van der Waals surface area (Å²) in [6, 6.07) is 10.4. The lowest BCUT2D eigenvalue weighted by Crippen LogP contribution is -2.56. The van der Waals surface area contributed by atoms with Crippen LogP contribution in [0.5, 0.6) is 0 Å². The van der Waals surface area contributed by atoms with Crippen molar-refractivity contribution in [1.29, 1.82) is 0 Å². The van der Waals surface area contributed by atoms with Crippen molar-refractivity contribution in [2.75, 3.05) is 19.7 Å². The summed E-state index contributed by atoms with van der Waals surface area (Å²) in [4.78, 5) is 14.2. The largest absolute Gasteiger partial charge is 0.415 e. The summed E-state index contributed by atoms with van der Waals surface area (Å²) in [5.41, 5.74) is 1.24. The summed E-state index contributed by atoms with van der Waals surface area (Å²) in [5, 5.41) is 3.26. The number of nitrogens with one attached hydrogen (secondary N) is 1. The summed E-state index contributed by atoms with van der Waals surface area (Å²) in [6.07, 6.45) is 0. The van der Waals surface area contributed by atoms with E-state index in [2.05, 4.69) is 56.2 Å². The summed E-state index contributed by atoms with van der Waals surface area (Å²) in [7, 11) is -1.78. The molecule has 0 radical (unpaired) electrons. The molecule has 23 heavy (non-hydrogen) atoms. The Morgan fingerprint density at radius 1 is 1.26 bits per heavy atom. The maximum atomic E-state index is 12.0.